The molecule has 118 valence electrons. The van der Waals surface area contributed by atoms with E-state index in [2.05, 4.69) is 19.4 Å². The molecule has 1 aromatic carbocycles. The van der Waals surface area contributed by atoms with Crippen molar-refractivity contribution >= 4 is 40.6 Å². The van der Waals surface area contributed by atoms with Crippen molar-refractivity contribution in [1.82, 2.24) is 8.75 Å². The maximum atomic E-state index is 12.1. The van der Waals surface area contributed by atoms with Crippen molar-refractivity contribution in [3.05, 3.63) is 39.7 Å². The van der Waals surface area contributed by atoms with Crippen molar-refractivity contribution in [2.45, 2.75) is 19.3 Å². The molecule has 3 rings (SSSR count). The second-order valence-corrected chi connectivity index (χ2v) is 6.05. The van der Waals surface area contributed by atoms with E-state index in [0.717, 1.165) is 11.7 Å². The van der Waals surface area contributed by atoms with Crippen molar-refractivity contribution in [1.29, 1.82) is 0 Å². The summed E-state index contributed by atoms with van der Waals surface area (Å²) in [5, 5.41) is 16.3. The third-order valence-corrected chi connectivity index (χ3v) is 4.14. The first-order valence-electron chi connectivity index (χ1n) is 6.54. The fourth-order valence-corrected chi connectivity index (χ4v) is 2.72. The van der Waals surface area contributed by atoms with Crippen LogP contribution in [-0.4, -0.2) is 25.5 Å². The number of rotatable bonds is 3. The van der Waals surface area contributed by atoms with Crippen LogP contribution >= 0.6 is 11.7 Å². The lowest BCUT2D eigenvalue weighted by Gasteiger charge is -2.16. The minimum Gasteiger partial charge on any atom is -0.325 e. The summed E-state index contributed by atoms with van der Waals surface area (Å²) in [6, 6.07) is 2.69. The molecule has 2 heterocycles. The number of nitrogens with one attached hydrogen (secondary N) is 2. The number of carbonyl (C=O) groups is 2. The van der Waals surface area contributed by atoms with Crippen molar-refractivity contribution in [2.75, 3.05) is 10.6 Å². The van der Waals surface area contributed by atoms with Gasteiger partial charge in [-0.1, -0.05) is 0 Å². The summed E-state index contributed by atoms with van der Waals surface area (Å²) in [5.41, 5.74) is -0.112. The van der Waals surface area contributed by atoms with Crippen molar-refractivity contribution < 1.29 is 14.5 Å². The van der Waals surface area contributed by atoms with Gasteiger partial charge in [0.05, 0.1) is 34.0 Å². The third kappa shape index (κ3) is 2.42. The van der Waals surface area contributed by atoms with Gasteiger partial charge in [0.15, 0.2) is 5.69 Å². The highest BCUT2D eigenvalue weighted by Crippen LogP contribution is 2.42. The van der Waals surface area contributed by atoms with Crippen LogP contribution in [0.5, 0.6) is 0 Å². The highest BCUT2D eigenvalue weighted by atomic mass is 32.1. The van der Waals surface area contributed by atoms with Gasteiger partial charge in [0.1, 0.15) is 5.69 Å². The van der Waals surface area contributed by atoms with Crippen LogP contribution in [0.15, 0.2) is 18.3 Å². The summed E-state index contributed by atoms with van der Waals surface area (Å²) < 4.78 is 7.50. The summed E-state index contributed by atoms with van der Waals surface area (Å²) >= 11 is 0.860. The number of amides is 2. The predicted molar refractivity (Wildman–Crippen MR) is 82.6 cm³/mol. The first-order chi connectivity index (χ1) is 10.8. The van der Waals surface area contributed by atoms with Crippen LogP contribution in [0.3, 0.4) is 0 Å². The maximum Gasteiger partial charge on any atom is 0.294 e. The Balaban J connectivity index is 2.06. The Labute approximate surface area is 134 Å². The highest BCUT2D eigenvalue weighted by Gasteiger charge is 2.40. The topological polar surface area (TPSA) is 127 Å². The number of carbonyl (C=O) groups excluding carboxylic acids is 2. The lowest BCUT2D eigenvalue weighted by molar-refractivity contribution is -0.383. The van der Waals surface area contributed by atoms with E-state index in [1.165, 1.54) is 18.3 Å². The molecule has 9 nitrogen and oxygen atoms in total. The van der Waals surface area contributed by atoms with Gasteiger partial charge in [0, 0.05) is 6.07 Å². The van der Waals surface area contributed by atoms with Gasteiger partial charge in [-0.3, -0.25) is 19.7 Å². The molecule has 0 fully saturated rings. The zero-order chi connectivity index (χ0) is 16.8. The molecular formula is C13H11N5O4S. The van der Waals surface area contributed by atoms with Gasteiger partial charge in [-0.05, 0) is 25.5 Å². The van der Waals surface area contributed by atoms with E-state index in [1.807, 2.05) is 0 Å². The Bertz CT molecular complexity index is 831. The first kappa shape index (κ1) is 15.0. The van der Waals surface area contributed by atoms with Crippen LogP contribution in [0.2, 0.25) is 0 Å². The van der Waals surface area contributed by atoms with E-state index in [-0.39, 0.29) is 23.0 Å². The molecule has 2 aromatic rings. The molecule has 1 aliphatic rings. The molecule has 0 saturated heterocycles. The van der Waals surface area contributed by atoms with Gasteiger partial charge in [-0.15, -0.1) is 0 Å². The number of hydrogen-bond acceptors (Lipinski definition) is 7. The Morgan fingerprint density at radius 3 is 2.78 bits per heavy atom. The van der Waals surface area contributed by atoms with Crippen LogP contribution in [-0.2, 0) is 10.2 Å². The van der Waals surface area contributed by atoms with Crippen molar-refractivity contribution in [2.24, 2.45) is 0 Å². The molecule has 0 radical (unpaired) electrons. The van der Waals surface area contributed by atoms with Gasteiger partial charge < -0.3 is 10.6 Å². The van der Waals surface area contributed by atoms with Crippen molar-refractivity contribution in [3.63, 3.8) is 0 Å². The fraction of sp³-hybridized carbons (Fsp3) is 0.231. The summed E-state index contributed by atoms with van der Waals surface area (Å²) in [4.78, 5) is 34.7. The quantitative estimate of drug-likeness (QED) is 0.652. The summed E-state index contributed by atoms with van der Waals surface area (Å²) in [6.07, 6.45) is 1.27. The van der Waals surface area contributed by atoms with Crippen LogP contribution in [0.25, 0.3) is 0 Å². The van der Waals surface area contributed by atoms with Crippen LogP contribution < -0.4 is 10.6 Å². The lowest BCUT2D eigenvalue weighted by Crippen LogP contribution is -2.27. The Hall–Kier alpha value is -2.88. The second kappa shape index (κ2) is 5.09. The molecule has 1 aromatic heterocycles. The summed E-state index contributed by atoms with van der Waals surface area (Å²) in [6.45, 7) is 3.41. The summed E-state index contributed by atoms with van der Waals surface area (Å²) in [7, 11) is 0. The number of nitro groups is 1. The lowest BCUT2D eigenvalue weighted by atomic mass is 9.86. The van der Waals surface area contributed by atoms with Gasteiger partial charge in [0.2, 0.25) is 5.91 Å². The molecule has 1 aliphatic heterocycles. The minimum absolute atomic E-state index is 0.0105. The molecular weight excluding hydrogens is 322 g/mol. The molecule has 0 spiro atoms. The molecule has 2 amide bonds. The number of benzene rings is 1. The van der Waals surface area contributed by atoms with Crippen LogP contribution in [0, 0.1) is 10.1 Å². The molecule has 0 unspecified atom stereocenters. The number of nitro benzene ring substituents is 1. The predicted octanol–water partition coefficient (Wildman–Crippen LogP) is 1.93. The van der Waals surface area contributed by atoms with Gasteiger partial charge in [-0.25, -0.2) is 0 Å². The minimum atomic E-state index is -0.841. The molecule has 0 atom stereocenters. The maximum absolute atomic E-state index is 12.1. The zero-order valence-corrected chi connectivity index (χ0v) is 12.9. The molecule has 0 bridgehead atoms. The Morgan fingerprint density at radius 1 is 1.43 bits per heavy atom. The fourth-order valence-electron chi connectivity index (χ4n) is 2.31. The van der Waals surface area contributed by atoms with Gasteiger partial charge in [0.25, 0.3) is 11.6 Å². The average Bonchev–Trinajstić information content (AvgIpc) is 3.08. The summed E-state index contributed by atoms with van der Waals surface area (Å²) in [5.74, 6) is -0.856. The van der Waals surface area contributed by atoms with Crippen LogP contribution in [0.4, 0.5) is 17.1 Å². The standard InChI is InChI=1S/C13H11N5O4S/c1-13(2)6-3-8(15-11(19)9-5-14-23-17-9)10(18(21)22)4-7(6)16-12(13)20/h3-5H,1-2H3,(H,15,19)(H,16,20). The Kier molecular flexibility index (Phi) is 3.33. The number of hydrogen-bond donors (Lipinski definition) is 2. The molecule has 2 N–H and O–H groups in total. The molecule has 0 aliphatic carbocycles. The largest absolute Gasteiger partial charge is 0.325 e. The zero-order valence-electron chi connectivity index (χ0n) is 12.1. The first-order valence-corrected chi connectivity index (χ1v) is 7.27. The van der Waals surface area contributed by atoms with Gasteiger partial charge in [-0.2, -0.15) is 8.75 Å². The van der Waals surface area contributed by atoms with E-state index in [9.17, 15) is 19.7 Å². The smallest absolute Gasteiger partial charge is 0.294 e. The number of aromatic nitrogens is 2. The SMILES string of the molecule is CC1(C)C(=O)Nc2cc([N+](=O)[O-])c(NC(=O)c3cnsn3)cc21. The Morgan fingerprint density at radius 2 is 2.17 bits per heavy atom. The number of anilines is 2. The van der Waals surface area contributed by atoms with E-state index in [4.69, 9.17) is 0 Å². The monoisotopic (exact) mass is 333 g/mol. The normalized spacial score (nSPS) is 15.0. The van der Waals surface area contributed by atoms with Gasteiger partial charge >= 0.3 is 0 Å². The van der Waals surface area contributed by atoms with Crippen molar-refractivity contribution in [3.8, 4) is 0 Å². The van der Waals surface area contributed by atoms with E-state index in [0.29, 0.717) is 11.3 Å². The van der Waals surface area contributed by atoms with Crippen LogP contribution in [0.1, 0.15) is 29.9 Å². The second-order valence-electron chi connectivity index (χ2n) is 5.50. The number of nitrogens with zero attached hydrogens (tertiary/aromatic N) is 3. The highest BCUT2D eigenvalue weighted by molar-refractivity contribution is 6.99. The molecule has 0 saturated carbocycles. The van der Waals surface area contributed by atoms with E-state index < -0.39 is 16.2 Å². The van der Waals surface area contributed by atoms with E-state index in [1.54, 1.807) is 13.8 Å². The average molecular weight is 333 g/mol. The third-order valence-electron chi connectivity index (χ3n) is 3.66. The number of fused-ring (bicyclic) bond motifs is 1. The van der Waals surface area contributed by atoms with E-state index >= 15 is 0 Å². The molecule has 10 heteroatoms. The molecule has 23 heavy (non-hydrogen) atoms.